The van der Waals surface area contributed by atoms with Crippen LogP contribution in [0.5, 0.6) is 0 Å². The van der Waals surface area contributed by atoms with E-state index >= 15 is 0 Å². The standard InChI is InChI=1S/C26H35NOS/c1-24(2)20-25(16-19-29-24)14-9-17-27(21-25)18-15-26(28,22-10-5-3-6-11-22)23-12-7-4-8-13-23/h3-8,10-13,28H,9,14-21H2,1-2H3/p+1/t25-/m0/s1. The van der Waals surface area contributed by atoms with E-state index in [1.807, 2.05) is 36.4 Å². The maximum Gasteiger partial charge on any atom is 0.120 e. The van der Waals surface area contributed by atoms with E-state index in [2.05, 4.69) is 49.9 Å². The highest BCUT2D eigenvalue weighted by molar-refractivity contribution is 8.00. The molecular formula is C26H36NOS+. The van der Waals surface area contributed by atoms with Crippen LogP contribution in [0, 0.1) is 5.41 Å². The van der Waals surface area contributed by atoms with Crippen molar-refractivity contribution in [3.8, 4) is 0 Å². The van der Waals surface area contributed by atoms with E-state index in [1.165, 1.54) is 44.5 Å². The normalized spacial score (nSPS) is 27.1. The zero-order chi connectivity index (χ0) is 20.4. The Morgan fingerprint density at radius 2 is 1.59 bits per heavy atom. The number of benzene rings is 2. The molecule has 2 aromatic carbocycles. The molecule has 0 amide bonds. The summed E-state index contributed by atoms with van der Waals surface area (Å²) in [4.78, 5) is 1.68. The Labute approximate surface area is 180 Å². The zero-order valence-corrected chi connectivity index (χ0v) is 18.8. The first kappa shape index (κ1) is 21.0. The van der Waals surface area contributed by atoms with Gasteiger partial charge in [0, 0.05) is 16.6 Å². The largest absolute Gasteiger partial charge is 0.380 e. The Morgan fingerprint density at radius 1 is 0.966 bits per heavy atom. The number of hydrogen-bond donors (Lipinski definition) is 2. The van der Waals surface area contributed by atoms with Crippen molar-refractivity contribution in [1.82, 2.24) is 0 Å². The highest BCUT2D eigenvalue weighted by Crippen LogP contribution is 2.48. The van der Waals surface area contributed by atoms with Crippen molar-refractivity contribution in [1.29, 1.82) is 0 Å². The van der Waals surface area contributed by atoms with Gasteiger partial charge in [-0.2, -0.15) is 11.8 Å². The van der Waals surface area contributed by atoms with E-state index in [0.29, 0.717) is 10.2 Å². The topological polar surface area (TPSA) is 24.7 Å². The number of quaternary nitrogens is 1. The van der Waals surface area contributed by atoms with Gasteiger partial charge in [-0.05, 0) is 42.6 Å². The van der Waals surface area contributed by atoms with Crippen LogP contribution in [-0.4, -0.2) is 35.2 Å². The number of nitrogens with one attached hydrogen (secondary N) is 1. The second-order valence-electron chi connectivity index (χ2n) is 9.91. The summed E-state index contributed by atoms with van der Waals surface area (Å²) in [7, 11) is 0. The molecule has 0 bridgehead atoms. The van der Waals surface area contributed by atoms with Crippen molar-refractivity contribution in [2.75, 3.05) is 25.4 Å². The quantitative estimate of drug-likeness (QED) is 0.769. The fraction of sp³-hybridized carbons (Fsp3) is 0.538. The van der Waals surface area contributed by atoms with Gasteiger partial charge in [0.15, 0.2) is 0 Å². The lowest BCUT2D eigenvalue weighted by atomic mass is 9.71. The molecule has 156 valence electrons. The lowest BCUT2D eigenvalue weighted by Crippen LogP contribution is -3.14. The molecule has 1 spiro atoms. The molecule has 0 saturated carbocycles. The average molecular weight is 411 g/mol. The highest BCUT2D eigenvalue weighted by atomic mass is 32.2. The SMILES string of the molecule is CC1(C)C[C@]2(CCC[NH+](CCC(O)(c3ccccc3)c3ccccc3)C2)CCS1. The average Bonchev–Trinajstić information content (AvgIpc) is 2.72. The molecule has 29 heavy (non-hydrogen) atoms. The summed E-state index contributed by atoms with van der Waals surface area (Å²) in [6.45, 7) is 8.40. The smallest absolute Gasteiger partial charge is 0.120 e. The van der Waals surface area contributed by atoms with Gasteiger partial charge in [-0.15, -0.1) is 0 Å². The summed E-state index contributed by atoms with van der Waals surface area (Å²) < 4.78 is 0.412. The van der Waals surface area contributed by atoms with Gasteiger partial charge in [0.25, 0.3) is 0 Å². The van der Waals surface area contributed by atoms with Gasteiger partial charge in [-0.3, -0.25) is 0 Å². The van der Waals surface area contributed by atoms with E-state index in [-0.39, 0.29) is 0 Å². The summed E-state index contributed by atoms with van der Waals surface area (Å²) in [5.41, 5.74) is 1.61. The molecule has 0 radical (unpaired) electrons. The first-order valence-electron chi connectivity index (χ1n) is 11.2. The lowest BCUT2D eigenvalue weighted by molar-refractivity contribution is -0.914. The van der Waals surface area contributed by atoms with Crippen LogP contribution in [0.25, 0.3) is 0 Å². The minimum Gasteiger partial charge on any atom is -0.380 e. The molecule has 4 rings (SSSR count). The molecule has 0 aliphatic carbocycles. The van der Waals surface area contributed by atoms with E-state index in [9.17, 15) is 5.11 Å². The second kappa shape index (κ2) is 8.45. The van der Waals surface area contributed by atoms with Crippen molar-refractivity contribution in [2.45, 2.75) is 56.3 Å². The molecule has 2 saturated heterocycles. The molecule has 2 N–H and O–H groups in total. The van der Waals surface area contributed by atoms with Crippen LogP contribution in [0.3, 0.4) is 0 Å². The molecule has 2 aliphatic rings. The fourth-order valence-electron chi connectivity index (χ4n) is 5.83. The lowest BCUT2D eigenvalue weighted by Gasteiger charge is -2.48. The zero-order valence-electron chi connectivity index (χ0n) is 18.0. The monoisotopic (exact) mass is 410 g/mol. The van der Waals surface area contributed by atoms with Gasteiger partial charge in [-0.1, -0.05) is 74.5 Å². The molecule has 2 aromatic rings. The van der Waals surface area contributed by atoms with Gasteiger partial charge >= 0.3 is 0 Å². The second-order valence-corrected chi connectivity index (χ2v) is 11.7. The minimum atomic E-state index is -0.915. The summed E-state index contributed by atoms with van der Waals surface area (Å²) in [5, 5.41) is 11.9. The Kier molecular flexibility index (Phi) is 6.11. The molecule has 2 heterocycles. The predicted octanol–water partition coefficient (Wildman–Crippen LogP) is 4.28. The maximum atomic E-state index is 11.9. The summed E-state index contributed by atoms with van der Waals surface area (Å²) in [6, 6.07) is 20.5. The van der Waals surface area contributed by atoms with Gasteiger partial charge in [0.1, 0.15) is 5.60 Å². The molecule has 3 heteroatoms. The predicted molar refractivity (Wildman–Crippen MR) is 124 cm³/mol. The Bertz CT molecular complexity index is 747. The van der Waals surface area contributed by atoms with Crippen LogP contribution < -0.4 is 4.90 Å². The first-order chi connectivity index (χ1) is 13.9. The van der Waals surface area contributed by atoms with Crippen LogP contribution in [0.15, 0.2) is 60.7 Å². The number of piperidine rings is 1. The van der Waals surface area contributed by atoms with Crippen LogP contribution >= 0.6 is 11.8 Å². The van der Waals surface area contributed by atoms with Crippen LogP contribution in [0.2, 0.25) is 0 Å². The highest BCUT2D eigenvalue weighted by Gasteiger charge is 2.45. The van der Waals surface area contributed by atoms with Gasteiger partial charge in [0.05, 0.1) is 19.6 Å². The van der Waals surface area contributed by atoms with E-state index in [4.69, 9.17) is 0 Å². The minimum absolute atomic E-state index is 0.412. The number of aliphatic hydroxyl groups is 1. The summed E-state index contributed by atoms with van der Waals surface area (Å²) in [5.74, 6) is 1.30. The van der Waals surface area contributed by atoms with Gasteiger partial charge < -0.3 is 10.0 Å². The first-order valence-corrected chi connectivity index (χ1v) is 12.2. The van der Waals surface area contributed by atoms with E-state index in [1.54, 1.807) is 4.90 Å². The van der Waals surface area contributed by atoms with Gasteiger partial charge in [0.2, 0.25) is 0 Å². The van der Waals surface area contributed by atoms with E-state index in [0.717, 1.165) is 24.1 Å². The Hall–Kier alpha value is -1.29. The molecule has 2 fully saturated rings. The third kappa shape index (κ3) is 4.73. The van der Waals surface area contributed by atoms with E-state index < -0.39 is 5.60 Å². The molecular weight excluding hydrogens is 374 g/mol. The number of likely N-dealkylation sites (tertiary alicyclic amines) is 1. The summed E-state index contributed by atoms with van der Waals surface area (Å²) in [6.07, 6.45) is 6.19. The third-order valence-electron chi connectivity index (χ3n) is 7.13. The van der Waals surface area contributed by atoms with Crippen LogP contribution in [-0.2, 0) is 5.60 Å². The Morgan fingerprint density at radius 3 is 2.17 bits per heavy atom. The summed E-state index contributed by atoms with van der Waals surface area (Å²) >= 11 is 2.15. The molecule has 2 aliphatic heterocycles. The van der Waals surface area contributed by atoms with Crippen molar-refractivity contribution < 1.29 is 10.0 Å². The Balaban J connectivity index is 1.51. The molecule has 0 aromatic heterocycles. The third-order valence-corrected chi connectivity index (χ3v) is 8.47. The number of rotatable bonds is 5. The molecule has 2 atom stereocenters. The number of hydrogen-bond acceptors (Lipinski definition) is 2. The fourth-order valence-corrected chi connectivity index (χ4v) is 7.32. The van der Waals surface area contributed by atoms with Gasteiger partial charge in [-0.25, -0.2) is 0 Å². The molecule has 2 nitrogen and oxygen atoms in total. The number of thioether (sulfide) groups is 1. The van der Waals surface area contributed by atoms with Crippen molar-refractivity contribution in [3.05, 3.63) is 71.8 Å². The maximum absolute atomic E-state index is 11.9. The van der Waals surface area contributed by atoms with Crippen LogP contribution in [0.1, 0.15) is 57.1 Å². The molecule has 1 unspecified atom stereocenters. The van der Waals surface area contributed by atoms with Crippen molar-refractivity contribution >= 4 is 11.8 Å². The van der Waals surface area contributed by atoms with Crippen molar-refractivity contribution in [2.24, 2.45) is 5.41 Å². The van der Waals surface area contributed by atoms with Crippen LogP contribution in [0.4, 0.5) is 0 Å². The van der Waals surface area contributed by atoms with Crippen molar-refractivity contribution in [3.63, 3.8) is 0 Å².